The Balaban J connectivity index is 1.73. The molecule has 0 bridgehead atoms. The summed E-state index contributed by atoms with van der Waals surface area (Å²) in [6, 6.07) is 12.2. The first-order valence-electron chi connectivity index (χ1n) is 8.78. The average Bonchev–Trinajstić information content (AvgIpc) is 2.68. The molecule has 152 valence electrons. The van der Waals surface area contributed by atoms with Crippen LogP contribution >= 0.6 is 23.8 Å². The molecule has 0 atom stereocenters. The molecular weight excluding hydrogens is 412 g/mol. The standard InChI is InChI=1S/C20H21ClN4O3S/c1-12-6-3-4-7-14(12)19(28)23-20(29)25-24-18(27)11-10-17(26)22-16-9-5-8-15(21)13(16)2/h3-9H,10-11H2,1-2H3,(H,22,26)(H,24,27)(H2,23,25,28,29). The van der Waals surface area contributed by atoms with Gasteiger partial charge in [-0.1, -0.05) is 35.9 Å². The molecule has 0 saturated carbocycles. The fraction of sp³-hybridized carbons (Fsp3) is 0.200. The molecular formula is C20H21ClN4O3S. The molecule has 4 N–H and O–H groups in total. The summed E-state index contributed by atoms with van der Waals surface area (Å²) >= 11 is 11.0. The molecule has 0 unspecified atom stereocenters. The zero-order valence-corrected chi connectivity index (χ0v) is 17.5. The highest BCUT2D eigenvalue weighted by molar-refractivity contribution is 7.80. The lowest BCUT2D eigenvalue weighted by molar-refractivity contribution is -0.124. The maximum absolute atomic E-state index is 12.1. The molecule has 7 nitrogen and oxygen atoms in total. The Labute approximate surface area is 179 Å². The molecule has 0 aliphatic rings. The van der Waals surface area contributed by atoms with E-state index in [0.29, 0.717) is 16.3 Å². The van der Waals surface area contributed by atoms with Gasteiger partial charge in [-0.3, -0.25) is 30.6 Å². The van der Waals surface area contributed by atoms with Gasteiger partial charge in [-0.25, -0.2) is 0 Å². The molecule has 0 saturated heterocycles. The van der Waals surface area contributed by atoms with E-state index in [0.717, 1.165) is 11.1 Å². The van der Waals surface area contributed by atoms with Crippen molar-refractivity contribution >= 4 is 52.3 Å². The Morgan fingerprint density at radius 1 is 0.931 bits per heavy atom. The number of nitrogens with one attached hydrogen (secondary N) is 4. The Bertz CT molecular complexity index is 949. The van der Waals surface area contributed by atoms with Crippen LogP contribution in [0.1, 0.15) is 34.3 Å². The zero-order valence-electron chi connectivity index (χ0n) is 16.0. The minimum Gasteiger partial charge on any atom is -0.326 e. The van der Waals surface area contributed by atoms with Gasteiger partial charge in [0.15, 0.2) is 5.11 Å². The predicted octanol–water partition coefficient (Wildman–Crippen LogP) is 3.01. The number of carbonyl (C=O) groups is 3. The van der Waals surface area contributed by atoms with Gasteiger partial charge < -0.3 is 5.32 Å². The third-order valence-electron chi connectivity index (χ3n) is 4.05. The molecule has 29 heavy (non-hydrogen) atoms. The van der Waals surface area contributed by atoms with Crippen LogP contribution in [-0.4, -0.2) is 22.8 Å². The molecule has 2 aromatic rings. The van der Waals surface area contributed by atoms with E-state index in [1.54, 1.807) is 37.3 Å². The first-order chi connectivity index (χ1) is 13.8. The van der Waals surface area contributed by atoms with Gasteiger partial charge in [0.25, 0.3) is 5.91 Å². The van der Waals surface area contributed by atoms with E-state index in [9.17, 15) is 14.4 Å². The summed E-state index contributed by atoms with van der Waals surface area (Å²) in [5.74, 6) is -1.15. The highest BCUT2D eigenvalue weighted by Crippen LogP contribution is 2.23. The summed E-state index contributed by atoms with van der Waals surface area (Å²) in [6.07, 6.45) is -0.0887. The van der Waals surface area contributed by atoms with E-state index < -0.39 is 5.91 Å². The second kappa shape index (κ2) is 10.5. The monoisotopic (exact) mass is 432 g/mol. The number of hydrazine groups is 1. The first-order valence-corrected chi connectivity index (χ1v) is 9.57. The largest absolute Gasteiger partial charge is 0.326 e. The molecule has 0 aromatic heterocycles. The summed E-state index contributed by atoms with van der Waals surface area (Å²) in [5, 5.41) is 5.69. The van der Waals surface area contributed by atoms with Gasteiger partial charge in [0.2, 0.25) is 11.8 Å². The van der Waals surface area contributed by atoms with Gasteiger partial charge in [0.05, 0.1) is 0 Å². The van der Waals surface area contributed by atoms with Crippen LogP contribution in [0.2, 0.25) is 5.02 Å². The van der Waals surface area contributed by atoms with Crippen LogP contribution in [-0.2, 0) is 9.59 Å². The Morgan fingerprint density at radius 2 is 1.62 bits per heavy atom. The normalized spacial score (nSPS) is 10.0. The maximum Gasteiger partial charge on any atom is 0.257 e. The molecule has 9 heteroatoms. The quantitative estimate of drug-likeness (QED) is 0.430. The molecule has 3 amide bonds. The average molecular weight is 433 g/mol. The highest BCUT2D eigenvalue weighted by atomic mass is 35.5. The lowest BCUT2D eigenvalue weighted by Crippen LogP contribution is -2.48. The molecule has 0 heterocycles. The number of anilines is 1. The van der Waals surface area contributed by atoms with Crippen molar-refractivity contribution in [3.05, 3.63) is 64.2 Å². The van der Waals surface area contributed by atoms with Crippen molar-refractivity contribution in [2.75, 3.05) is 5.32 Å². The van der Waals surface area contributed by atoms with Gasteiger partial charge in [0.1, 0.15) is 0 Å². The SMILES string of the molecule is Cc1ccccc1C(=O)NC(=S)NNC(=O)CCC(=O)Nc1cccc(Cl)c1C. The summed E-state index contributed by atoms with van der Waals surface area (Å²) in [5.41, 5.74) is 7.43. The number of amides is 3. The summed E-state index contributed by atoms with van der Waals surface area (Å²) in [6.45, 7) is 3.60. The highest BCUT2D eigenvalue weighted by Gasteiger charge is 2.12. The Hall–Kier alpha value is -2.97. The van der Waals surface area contributed by atoms with Crippen molar-refractivity contribution in [3.63, 3.8) is 0 Å². The third-order valence-corrected chi connectivity index (χ3v) is 4.67. The minimum atomic E-state index is -0.449. The number of benzene rings is 2. The zero-order chi connectivity index (χ0) is 21.4. The van der Waals surface area contributed by atoms with Crippen LogP contribution in [0, 0.1) is 13.8 Å². The van der Waals surface area contributed by atoms with Crippen molar-refractivity contribution < 1.29 is 14.4 Å². The lowest BCUT2D eigenvalue weighted by Gasteiger charge is -2.12. The van der Waals surface area contributed by atoms with E-state index in [1.165, 1.54) is 0 Å². The van der Waals surface area contributed by atoms with E-state index in [-0.39, 0.29) is 29.8 Å². The van der Waals surface area contributed by atoms with Crippen molar-refractivity contribution in [2.45, 2.75) is 26.7 Å². The summed E-state index contributed by atoms with van der Waals surface area (Å²) in [4.78, 5) is 36.1. The summed E-state index contributed by atoms with van der Waals surface area (Å²) in [7, 11) is 0. The van der Waals surface area contributed by atoms with Gasteiger partial charge in [-0.2, -0.15) is 0 Å². The smallest absolute Gasteiger partial charge is 0.257 e. The van der Waals surface area contributed by atoms with Gasteiger partial charge in [-0.15, -0.1) is 0 Å². The van der Waals surface area contributed by atoms with Gasteiger partial charge in [0, 0.05) is 29.1 Å². The molecule has 0 aliphatic carbocycles. The topological polar surface area (TPSA) is 99.3 Å². The first kappa shape index (κ1) is 22.3. The van der Waals surface area contributed by atoms with Crippen LogP contribution in [0.15, 0.2) is 42.5 Å². The van der Waals surface area contributed by atoms with Crippen LogP contribution in [0.25, 0.3) is 0 Å². The summed E-state index contributed by atoms with van der Waals surface area (Å²) < 4.78 is 0. The third kappa shape index (κ3) is 6.85. The minimum absolute atomic E-state index is 0.0260. The van der Waals surface area contributed by atoms with Crippen LogP contribution < -0.4 is 21.5 Å². The molecule has 2 aromatic carbocycles. The number of hydrogen-bond donors (Lipinski definition) is 4. The van der Waals surface area contributed by atoms with E-state index in [4.69, 9.17) is 23.8 Å². The van der Waals surface area contributed by atoms with Gasteiger partial charge in [-0.05, 0) is 55.4 Å². The van der Waals surface area contributed by atoms with Gasteiger partial charge >= 0.3 is 0 Å². The van der Waals surface area contributed by atoms with Crippen molar-refractivity contribution in [1.82, 2.24) is 16.2 Å². The Kier molecular flexibility index (Phi) is 8.11. The molecule has 0 fully saturated rings. The molecule has 2 rings (SSSR count). The van der Waals surface area contributed by atoms with E-state index >= 15 is 0 Å². The van der Waals surface area contributed by atoms with Crippen molar-refractivity contribution in [2.24, 2.45) is 0 Å². The number of aryl methyl sites for hydroxylation is 1. The fourth-order valence-corrected chi connectivity index (χ4v) is 2.72. The van der Waals surface area contributed by atoms with Crippen molar-refractivity contribution in [3.8, 4) is 0 Å². The maximum atomic E-state index is 12.1. The Morgan fingerprint density at radius 3 is 2.34 bits per heavy atom. The lowest BCUT2D eigenvalue weighted by atomic mass is 10.1. The number of rotatable bonds is 5. The van der Waals surface area contributed by atoms with Crippen LogP contribution in [0.3, 0.4) is 0 Å². The number of hydrogen-bond acceptors (Lipinski definition) is 4. The second-order valence-corrected chi connectivity index (χ2v) is 7.05. The second-order valence-electron chi connectivity index (χ2n) is 6.23. The fourth-order valence-electron chi connectivity index (χ4n) is 2.40. The van der Waals surface area contributed by atoms with Crippen LogP contribution in [0.4, 0.5) is 5.69 Å². The number of thiocarbonyl (C=S) groups is 1. The predicted molar refractivity (Wildman–Crippen MR) is 117 cm³/mol. The molecule has 0 radical (unpaired) electrons. The van der Waals surface area contributed by atoms with E-state index in [1.807, 2.05) is 19.1 Å². The van der Waals surface area contributed by atoms with Crippen molar-refractivity contribution in [1.29, 1.82) is 0 Å². The number of carbonyl (C=O) groups excluding carboxylic acids is 3. The molecule has 0 spiro atoms. The van der Waals surface area contributed by atoms with E-state index in [2.05, 4.69) is 21.5 Å². The number of halogens is 1. The van der Waals surface area contributed by atoms with Crippen LogP contribution in [0.5, 0.6) is 0 Å². The molecule has 0 aliphatic heterocycles.